The molecule has 0 aromatic heterocycles. The molecule has 2 aliphatic rings. The minimum absolute atomic E-state index is 0.0716. The molecule has 0 bridgehead atoms. The van der Waals surface area contributed by atoms with Crippen molar-refractivity contribution in [1.29, 1.82) is 0 Å². The van der Waals surface area contributed by atoms with Crippen LogP contribution in [-0.2, 0) is 40.0 Å². The quantitative estimate of drug-likeness (QED) is 0.0676. The summed E-state index contributed by atoms with van der Waals surface area (Å²) in [4.78, 5) is 9.77. The molecule has 0 radical (unpaired) electrons. The van der Waals surface area contributed by atoms with Gasteiger partial charge >= 0.3 is 231 Å². The number of rotatable bonds is 16. The second-order valence-electron chi connectivity index (χ2n) is 10.6. The predicted molar refractivity (Wildman–Crippen MR) is 133 cm³/mol. The molecular formula is C20H41As2O16P. The first-order chi connectivity index (χ1) is 17.8. The number of hydrogen-bond donors (Lipinski definition) is 7. The van der Waals surface area contributed by atoms with Gasteiger partial charge in [-0.2, -0.15) is 0 Å². The summed E-state index contributed by atoms with van der Waals surface area (Å²) in [5.74, 6) is 0. The van der Waals surface area contributed by atoms with Gasteiger partial charge in [0.1, 0.15) is 0 Å². The average Bonchev–Trinajstić information content (AvgIpc) is 3.21. The summed E-state index contributed by atoms with van der Waals surface area (Å²) in [5.41, 5.74) is 6.25. The summed E-state index contributed by atoms with van der Waals surface area (Å²) in [6, 6.07) is 0. The van der Waals surface area contributed by atoms with Crippen molar-refractivity contribution in [3.63, 3.8) is 0 Å². The van der Waals surface area contributed by atoms with E-state index in [-0.39, 0.29) is 10.4 Å². The van der Waals surface area contributed by atoms with Gasteiger partial charge in [0, 0.05) is 0 Å². The SMILES string of the molecule is C[As](C)(=O)C[C@H]1O[C@@H](OCC(O)COP(=O)(O)OCC(O)CO[C@@H]2O[C@H](C[As](C)(C)=O)[C@@H](O)[C@H]2O)[C@H](O)[C@@H]1O. The van der Waals surface area contributed by atoms with Gasteiger partial charge in [0.15, 0.2) is 0 Å². The summed E-state index contributed by atoms with van der Waals surface area (Å²) < 4.78 is 66.6. The van der Waals surface area contributed by atoms with E-state index in [1.54, 1.807) is 22.8 Å². The number of ether oxygens (including phenoxy) is 4. The van der Waals surface area contributed by atoms with E-state index < -0.39 is 123 Å². The fraction of sp³-hybridized carbons (Fsp3) is 1.00. The second-order valence-corrected chi connectivity index (χ2v) is 26.8. The van der Waals surface area contributed by atoms with Crippen molar-refractivity contribution in [2.24, 2.45) is 0 Å². The monoisotopic (exact) mass is 718 g/mol. The van der Waals surface area contributed by atoms with Crippen LogP contribution in [0.4, 0.5) is 0 Å². The van der Waals surface area contributed by atoms with Crippen molar-refractivity contribution in [3.05, 3.63) is 0 Å². The Kier molecular flexibility index (Phi) is 13.5. The molecule has 2 unspecified atom stereocenters. The Labute approximate surface area is 231 Å². The Morgan fingerprint density at radius 1 is 0.692 bits per heavy atom. The zero-order valence-corrected chi connectivity index (χ0v) is 26.8. The van der Waals surface area contributed by atoms with E-state index in [0.717, 1.165) is 0 Å². The first-order valence-electron chi connectivity index (χ1n) is 12.1. The van der Waals surface area contributed by atoms with Gasteiger partial charge in [-0.25, -0.2) is 0 Å². The molecule has 0 aliphatic carbocycles. The maximum atomic E-state index is 12.0. The molecule has 0 aromatic carbocycles. The van der Waals surface area contributed by atoms with Gasteiger partial charge in [-0.05, 0) is 0 Å². The molecule has 0 aromatic rings. The van der Waals surface area contributed by atoms with E-state index in [1.165, 1.54) is 0 Å². The van der Waals surface area contributed by atoms with Gasteiger partial charge < -0.3 is 0 Å². The van der Waals surface area contributed by atoms with Crippen LogP contribution in [0, 0.1) is 0 Å². The van der Waals surface area contributed by atoms with Gasteiger partial charge in [0.05, 0.1) is 0 Å². The Balaban J connectivity index is 1.68. The molecular weight excluding hydrogens is 677 g/mol. The van der Waals surface area contributed by atoms with E-state index in [1.807, 2.05) is 0 Å². The van der Waals surface area contributed by atoms with Crippen molar-refractivity contribution < 1.29 is 75.6 Å². The molecule has 0 saturated carbocycles. The minimum atomic E-state index is -4.74. The van der Waals surface area contributed by atoms with Crippen LogP contribution < -0.4 is 0 Å². The molecule has 2 rings (SSSR count). The Morgan fingerprint density at radius 2 is 1.03 bits per heavy atom. The molecule has 16 nitrogen and oxygen atoms in total. The van der Waals surface area contributed by atoms with E-state index in [0.29, 0.717) is 0 Å². The molecule has 2 fully saturated rings. The topological polar surface area (TPSA) is 248 Å². The maximum absolute atomic E-state index is 12.0. The standard InChI is InChI=1S/C20H41As2O16P/c1-21(2,29)5-13-15(25)17(27)19(37-13)33-7-11(23)9-35-39(31,32)36-10-12(24)8-34-20-18(28)16(26)14(38-20)6-22(3,4)30/h11-20,23-28H,5-10H2,1-4H3,(H,31,32)/t11?,12?,13-,14-,15-,16-,17-,18-,19-,20-/m1/s1. The first-order valence-corrected chi connectivity index (χ1v) is 25.3. The van der Waals surface area contributed by atoms with Crippen molar-refractivity contribution in [2.45, 2.75) is 94.7 Å². The summed E-state index contributed by atoms with van der Waals surface area (Å²) >= 11 is -6.38. The molecule has 39 heavy (non-hydrogen) atoms. The van der Waals surface area contributed by atoms with Gasteiger partial charge in [-0.15, -0.1) is 0 Å². The molecule has 10 atom stereocenters. The zero-order chi connectivity index (χ0) is 29.8. The van der Waals surface area contributed by atoms with E-state index in [2.05, 4.69) is 9.05 Å². The third-order valence-electron chi connectivity index (χ3n) is 5.64. The van der Waals surface area contributed by atoms with Crippen LogP contribution in [0.5, 0.6) is 0 Å². The third kappa shape index (κ3) is 12.3. The number of hydrogen-bond acceptors (Lipinski definition) is 15. The van der Waals surface area contributed by atoms with Gasteiger partial charge in [0.25, 0.3) is 0 Å². The van der Waals surface area contributed by atoms with Crippen molar-refractivity contribution >= 4 is 34.8 Å². The number of aliphatic hydroxyl groups excluding tert-OH is 6. The van der Waals surface area contributed by atoms with Crippen LogP contribution in [0.3, 0.4) is 0 Å². The Bertz CT molecular complexity index is 844. The van der Waals surface area contributed by atoms with E-state index >= 15 is 0 Å². The fourth-order valence-electron chi connectivity index (χ4n) is 3.78. The van der Waals surface area contributed by atoms with Crippen LogP contribution in [0.2, 0.25) is 33.3 Å². The average molecular weight is 718 g/mol. The van der Waals surface area contributed by atoms with Gasteiger partial charge in [-0.1, -0.05) is 0 Å². The van der Waals surface area contributed by atoms with Crippen molar-refractivity contribution in [3.8, 4) is 0 Å². The molecule has 2 heterocycles. The summed E-state index contributed by atoms with van der Waals surface area (Å²) in [7, 11) is -4.74. The summed E-state index contributed by atoms with van der Waals surface area (Å²) in [6.45, 7) is -2.50. The molecule has 7 N–H and O–H groups in total. The second kappa shape index (κ2) is 14.7. The van der Waals surface area contributed by atoms with Crippen LogP contribution in [0.1, 0.15) is 0 Å². The Morgan fingerprint density at radius 3 is 1.33 bits per heavy atom. The Hall–Kier alpha value is 0.427. The summed E-state index contributed by atoms with van der Waals surface area (Å²) in [6.07, 6.45) is -12.9. The zero-order valence-electron chi connectivity index (χ0n) is 22.2. The predicted octanol–water partition coefficient (Wildman–Crippen LogP) is -1.96. The van der Waals surface area contributed by atoms with Crippen LogP contribution in [-0.4, -0.2) is 150 Å². The van der Waals surface area contributed by atoms with Gasteiger partial charge in [0.2, 0.25) is 0 Å². The normalized spacial score (nSPS) is 35.2. The van der Waals surface area contributed by atoms with E-state index in [4.69, 9.17) is 18.9 Å². The van der Waals surface area contributed by atoms with Crippen LogP contribution >= 0.6 is 7.82 Å². The molecule has 19 heteroatoms. The van der Waals surface area contributed by atoms with Crippen molar-refractivity contribution in [1.82, 2.24) is 0 Å². The molecule has 2 saturated heterocycles. The number of phosphoric acid groups is 1. The first kappa shape index (κ1) is 35.6. The van der Waals surface area contributed by atoms with Crippen LogP contribution in [0.25, 0.3) is 0 Å². The number of phosphoric ester groups is 1. The number of aliphatic hydroxyl groups is 6. The molecule has 0 spiro atoms. The molecule has 232 valence electrons. The van der Waals surface area contributed by atoms with E-state index in [9.17, 15) is 47.6 Å². The molecule has 0 amide bonds. The van der Waals surface area contributed by atoms with Crippen LogP contribution in [0.15, 0.2) is 0 Å². The molecule has 2 aliphatic heterocycles. The van der Waals surface area contributed by atoms with Gasteiger partial charge in [-0.3, -0.25) is 0 Å². The third-order valence-corrected chi connectivity index (χ3v) is 11.8. The fourth-order valence-corrected chi connectivity index (χ4v) is 9.48. The van der Waals surface area contributed by atoms with Crippen molar-refractivity contribution in [2.75, 3.05) is 26.4 Å². The summed E-state index contributed by atoms with van der Waals surface area (Å²) in [5, 5.41) is 60.2.